The smallest absolute Gasteiger partial charge is 0.253 e. The Bertz CT molecular complexity index is 951. The van der Waals surface area contributed by atoms with Gasteiger partial charge in [-0.1, -0.05) is 12.5 Å². The second kappa shape index (κ2) is 12.8. The summed E-state index contributed by atoms with van der Waals surface area (Å²) in [6.45, 7) is 8.84. The van der Waals surface area contributed by atoms with Crippen LogP contribution in [0, 0.1) is 12.3 Å². The summed E-state index contributed by atoms with van der Waals surface area (Å²) in [6, 6.07) is 5.46. The van der Waals surface area contributed by atoms with Crippen molar-refractivity contribution >= 4 is 23.4 Å². The number of amides is 3. The van der Waals surface area contributed by atoms with Crippen LogP contribution in [0.2, 0.25) is 0 Å². The van der Waals surface area contributed by atoms with E-state index in [1.807, 2.05) is 11.0 Å². The van der Waals surface area contributed by atoms with Crippen molar-refractivity contribution in [2.24, 2.45) is 5.41 Å². The lowest BCUT2D eigenvalue weighted by Gasteiger charge is -2.41. The lowest BCUT2D eigenvalue weighted by atomic mass is 9.73. The van der Waals surface area contributed by atoms with Gasteiger partial charge in [0.25, 0.3) is 5.91 Å². The Labute approximate surface area is 221 Å². The van der Waals surface area contributed by atoms with Gasteiger partial charge < -0.3 is 25.2 Å². The van der Waals surface area contributed by atoms with Gasteiger partial charge in [0, 0.05) is 57.2 Å². The number of hydrogen-bond acceptors (Lipinski definition) is 5. The summed E-state index contributed by atoms with van der Waals surface area (Å²) in [4.78, 5) is 43.7. The molecule has 0 aliphatic carbocycles. The molecule has 8 nitrogen and oxygen atoms in total. The molecule has 1 aromatic carbocycles. The number of benzene rings is 1. The highest BCUT2D eigenvalue weighted by Gasteiger charge is 2.42. The highest BCUT2D eigenvalue weighted by molar-refractivity contribution is 5.96. The maximum atomic E-state index is 13.5. The van der Waals surface area contributed by atoms with E-state index in [1.54, 1.807) is 6.92 Å². The van der Waals surface area contributed by atoms with Crippen LogP contribution >= 0.6 is 0 Å². The molecule has 1 aromatic rings. The van der Waals surface area contributed by atoms with Crippen LogP contribution in [0.4, 0.5) is 5.69 Å². The van der Waals surface area contributed by atoms with Gasteiger partial charge in [-0.3, -0.25) is 14.4 Å². The number of ether oxygens (including phenoxy) is 1. The quantitative estimate of drug-likeness (QED) is 0.634. The summed E-state index contributed by atoms with van der Waals surface area (Å²) in [7, 11) is 0. The van der Waals surface area contributed by atoms with Crippen molar-refractivity contribution in [1.82, 2.24) is 15.5 Å². The largest absolute Gasteiger partial charge is 0.381 e. The van der Waals surface area contributed by atoms with Crippen LogP contribution < -0.4 is 15.5 Å². The van der Waals surface area contributed by atoms with Gasteiger partial charge in [0.1, 0.15) is 6.04 Å². The monoisotopic (exact) mass is 512 g/mol. The minimum absolute atomic E-state index is 0.0376. The normalized spacial score (nSPS) is 24.2. The van der Waals surface area contributed by atoms with Gasteiger partial charge in [0.15, 0.2) is 0 Å². The maximum Gasteiger partial charge on any atom is 0.253 e. The fourth-order valence-electron chi connectivity index (χ4n) is 5.85. The molecule has 0 bridgehead atoms. The molecule has 8 heteroatoms. The van der Waals surface area contributed by atoms with Crippen molar-refractivity contribution < 1.29 is 19.1 Å². The number of hydrogen-bond donors (Lipinski definition) is 2. The molecule has 1 spiro atoms. The third kappa shape index (κ3) is 6.83. The Morgan fingerprint density at radius 1 is 0.946 bits per heavy atom. The number of nitrogens with one attached hydrogen (secondary N) is 2. The molecule has 3 heterocycles. The third-order valence-electron chi connectivity index (χ3n) is 8.34. The van der Waals surface area contributed by atoms with Gasteiger partial charge in [-0.05, 0) is 82.9 Å². The highest BCUT2D eigenvalue weighted by atomic mass is 16.5. The second-order valence-electron chi connectivity index (χ2n) is 11.0. The summed E-state index contributed by atoms with van der Waals surface area (Å²) < 4.78 is 5.69. The minimum atomic E-state index is -0.589. The van der Waals surface area contributed by atoms with Crippen LogP contribution in [-0.2, 0) is 14.3 Å². The molecule has 0 saturated carbocycles. The Morgan fingerprint density at radius 2 is 1.68 bits per heavy atom. The molecular formula is C29H44N4O4. The number of carbonyl (C=O) groups excluding carboxylic acids is 3. The zero-order valence-corrected chi connectivity index (χ0v) is 22.7. The molecule has 37 heavy (non-hydrogen) atoms. The van der Waals surface area contributed by atoms with E-state index in [9.17, 15) is 14.4 Å². The van der Waals surface area contributed by atoms with Crippen molar-refractivity contribution in [2.75, 3.05) is 50.8 Å². The van der Waals surface area contributed by atoms with E-state index in [0.29, 0.717) is 45.7 Å². The van der Waals surface area contributed by atoms with Crippen LogP contribution in [0.5, 0.6) is 0 Å². The van der Waals surface area contributed by atoms with Gasteiger partial charge in [-0.15, -0.1) is 0 Å². The summed E-state index contributed by atoms with van der Waals surface area (Å²) >= 11 is 0. The summed E-state index contributed by atoms with van der Waals surface area (Å²) in [6.07, 6.45) is 8.16. The van der Waals surface area contributed by atoms with Crippen LogP contribution in [0.25, 0.3) is 0 Å². The van der Waals surface area contributed by atoms with Crippen LogP contribution in [-0.4, -0.2) is 74.6 Å². The standard InChI is InChI=1S/C29H44N4O4/c1-22-9-10-24(21-25(22)32-15-5-3-6-16-32)27(35)33-17-12-29(13-18-33)11-4-7-19-37-20-8-14-30-26(34)23(2)31-28(29)36/h9-10,21,23H,3-8,11-20H2,1-2H3,(H,30,34)(H,31,36)/t23-/m0/s1. The van der Waals surface area contributed by atoms with E-state index in [2.05, 4.69) is 34.6 Å². The zero-order valence-electron chi connectivity index (χ0n) is 22.7. The highest BCUT2D eigenvalue weighted by Crippen LogP contribution is 2.38. The van der Waals surface area contributed by atoms with Crippen LogP contribution in [0.1, 0.15) is 80.6 Å². The number of likely N-dealkylation sites (tertiary alicyclic amines) is 1. The first kappa shape index (κ1) is 27.4. The lowest BCUT2D eigenvalue weighted by molar-refractivity contribution is -0.137. The van der Waals surface area contributed by atoms with Gasteiger partial charge in [-0.25, -0.2) is 0 Å². The summed E-state index contributed by atoms with van der Waals surface area (Å²) in [5.41, 5.74) is 2.52. The average Bonchev–Trinajstić information content (AvgIpc) is 2.92. The van der Waals surface area contributed by atoms with Crippen molar-refractivity contribution in [2.45, 2.75) is 77.7 Å². The SMILES string of the molecule is Cc1ccc(C(=O)N2CCC3(CCCCOCCCNC(=O)[C@H](C)NC3=O)CC2)cc1N1CCCCC1. The molecule has 3 aliphatic rings. The molecule has 0 radical (unpaired) electrons. The average molecular weight is 513 g/mol. The van der Waals surface area contributed by atoms with Gasteiger partial charge in [0.2, 0.25) is 11.8 Å². The summed E-state index contributed by atoms with van der Waals surface area (Å²) in [5.74, 6) is -0.199. The van der Waals surface area contributed by atoms with Crippen molar-refractivity contribution in [1.29, 1.82) is 0 Å². The van der Waals surface area contributed by atoms with Crippen LogP contribution in [0.15, 0.2) is 18.2 Å². The van der Waals surface area contributed by atoms with E-state index < -0.39 is 11.5 Å². The topological polar surface area (TPSA) is 91.0 Å². The number of rotatable bonds is 2. The second-order valence-corrected chi connectivity index (χ2v) is 11.0. The molecule has 4 rings (SSSR count). The van der Waals surface area contributed by atoms with E-state index in [-0.39, 0.29) is 17.7 Å². The molecule has 3 aliphatic heterocycles. The van der Waals surface area contributed by atoms with Crippen molar-refractivity contribution in [3.63, 3.8) is 0 Å². The van der Waals surface area contributed by atoms with Gasteiger partial charge in [0.05, 0.1) is 5.41 Å². The van der Waals surface area contributed by atoms with E-state index >= 15 is 0 Å². The third-order valence-corrected chi connectivity index (χ3v) is 8.34. The Morgan fingerprint density at radius 3 is 2.43 bits per heavy atom. The fourth-order valence-corrected chi connectivity index (χ4v) is 5.85. The Balaban J connectivity index is 1.43. The molecule has 204 valence electrons. The van der Waals surface area contributed by atoms with E-state index in [4.69, 9.17) is 4.74 Å². The zero-order chi connectivity index (χ0) is 26.3. The maximum absolute atomic E-state index is 13.5. The number of piperidine rings is 2. The molecule has 1 atom stereocenters. The first-order chi connectivity index (χ1) is 17.9. The molecule has 3 fully saturated rings. The number of anilines is 1. The van der Waals surface area contributed by atoms with Crippen LogP contribution in [0.3, 0.4) is 0 Å². The predicted molar refractivity (Wildman–Crippen MR) is 145 cm³/mol. The first-order valence-electron chi connectivity index (χ1n) is 14.2. The molecule has 0 unspecified atom stereocenters. The fraction of sp³-hybridized carbons (Fsp3) is 0.690. The van der Waals surface area contributed by atoms with E-state index in [1.165, 1.54) is 30.5 Å². The molecule has 3 saturated heterocycles. The predicted octanol–water partition coefficient (Wildman–Crippen LogP) is 3.42. The van der Waals surface area contributed by atoms with E-state index in [0.717, 1.165) is 44.3 Å². The number of aryl methyl sites for hydroxylation is 1. The Hall–Kier alpha value is -2.61. The van der Waals surface area contributed by atoms with Gasteiger partial charge in [-0.2, -0.15) is 0 Å². The first-order valence-corrected chi connectivity index (χ1v) is 14.2. The lowest BCUT2D eigenvalue weighted by Crippen LogP contribution is -2.54. The van der Waals surface area contributed by atoms with Gasteiger partial charge >= 0.3 is 0 Å². The number of carbonyl (C=O) groups is 3. The van der Waals surface area contributed by atoms with Crippen molar-refractivity contribution in [3.05, 3.63) is 29.3 Å². The molecular weight excluding hydrogens is 468 g/mol. The number of nitrogens with zero attached hydrogens (tertiary/aromatic N) is 2. The Kier molecular flexibility index (Phi) is 9.46. The summed E-state index contributed by atoms with van der Waals surface area (Å²) in [5, 5.41) is 5.86. The molecule has 2 N–H and O–H groups in total. The molecule has 0 aromatic heterocycles. The molecule has 3 amide bonds. The van der Waals surface area contributed by atoms with Crippen molar-refractivity contribution in [3.8, 4) is 0 Å². The minimum Gasteiger partial charge on any atom is -0.381 e.